The van der Waals surface area contributed by atoms with Crippen LogP contribution in [-0.2, 0) is 16.6 Å². The zero-order chi connectivity index (χ0) is 17.0. The van der Waals surface area contributed by atoms with E-state index in [0.717, 1.165) is 16.8 Å². The van der Waals surface area contributed by atoms with Crippen LogP contribution in [0.4, 0.5) is 5.82 Å². The number of carbonyl (C=O) groups excluding carboxylic acids is 2. The minimum Gasteiger partial charge on any atom is -0.349 e. The molecule has 1 aromatic heterocycles. The van der Waals surface area contributed by atoms with E-state index in [0.29, 0.717) is 5.82 Å². The third kappa shape index (κ3) is 4.67. The smallest absolute Gasteiger partial charge is 0.227 e. The molecule has 0 aliphatic heterocycles. The van der Waals surface area contributed by atoms with Crippen LogP contribution in [0.25, 0.3) is 0 Å². The Morgan fingerprint density at radius 3 is 2.39 bits per heavy atom. The highest BCUT2D eigenvalue weighted by Gasteiger charge is 2.18. The summed E-state index contributed by atoms with van der Waals surface area (Å²) in [5.41, 5.74) is 2.87. The van der Waals surface area contributed by atoms with Crippen molar-refractivity contribution in [1.29, 1.82) is 0 Å². The molecule has 1 atom stereocenters. The lowest BCUT2D eigenvalue weighted by Crippen LogP contribution is -2.30. The fraction of sp³-hybridized carbons (Fsp3) is 0.353. The van der Waals surface area contributed by atoms with Crippen molar-refractivity contribution in [3.8, 4) is 0 Å². The van der Waals surface area contributed by atoms with Crippen molar-refractivity contribution in [2.75, 3.05) is 5.32 Å². The summed E-state index contributed by atoms with van der Waals surface area (Å²) in [5.74, 6) is 0.296. The van der Waals surface area contributed by atoms with Gasteiger partial charge in [-0.15, -0.1) is 0 Å². The van der Waals surface area contributed by atoms with E-state index in [1.165, 1.54) is 6.92 Å². The second kappa shape index (κ2) is 7.09. The first-order valence-electron chi connectivity index (χ1n) is 7.49. The first-order chi connectivity index (χ1) is 10.8. The Hall–Kier alpha value is -2.63. The molecule has 122 valence electrons. The molecule has 0 aliphatic carbocycles. The molecule has 0 saturated heterocycles. The summed E-state index contributed by atoms with van der Waals surface area (Å²) in [4.78, 5) is 23.7. The molecule has 0 fully saturated rings. The van der Waals surface area contributed by atoms with E-state index in [1.54, 1.807) is 17.8 Å². The zero-order valence-electron chi connectivity index (χ0n) is 13.9. The predicted octanol–water partition coefficient (Wildman–Crippen LogP) is 2.24. The molecule has 1 aromatic carbocycles. The van der Waals surface area contributed by atoms with Crippen LogP contribution in [0.1, 0.15) is 36.2 Å². The average molecular weight is 314 g/mol. The van der Waals surface area contributed by atoms with Crippen molar-refractivity contribution in [2.24, 2.45) is 7.05 Å². The number of nitrogens with zero attached hydrogens (tertiary/aromatic N) is 2. The van der Waals surface area contributed by atoms with Gasteiger partial charge in [0.25, 0.3) is 0 Å². The van der Waals surface area contributed by atoms with Crippen LogP contribution in [0.5, 0.6) is 0 Å². The standard InChI is InChI=1S/C17H22N4O2/c1-11-5-7-14(8-6-11)15(18-13(3)22)10-17(23)19-16-9-12(2)20-21(16)4/h5-9,15H,10H2,1-4H3,(H,18,22)(H,19,23)/t15-/m1/s1. The molecule has 0 unspecified atom stereocenters. The molecule has 0 radical (unpaired) electrons. The van der Waals surface area contributed by atoms with Crippen molar-refractivity contribution in [2.45, 2.75) is 33.2 Å². The van der Waals surface area contributed by atoms with E-state index >= 15 is 0 Å². The minimum atomic E-state index is -0.359. The second-order valence-corrected chi connectivity index (χ2v) is 5.71. The number of anilines is 1. The Morgan fingerprint density at radius 2 is 1.87 bits per heavy atom. The Kier molecular flexibility index (Phi) is 5.16. The maximum Gasteiger partial charge on any atom is 0.227 e. The largest absolute Gasteiger partial charge is 0.349 e. The number of aromatic nitrogens is 2. The number of hydrogen-bond donors (Lipinski definition) is 2. The van der Waals surface area contributed by atoms with Crippen LogP contribution in [0.2, 0.25) is 0 Å². The molecule has 2 rings (SSSR count). The third-order valence-electron chi connectivity index (χ3n) is 3.52. The highest BCUT2D eigenvalue weighted by molar-refractivity contribution is 5.90. The lowest BCUT2D eigenvalue weighted by atomic mass is 10.0. The molecule has 1 heterocycles. The highest BCUT2D eigenvalue weighted by Crippen LogP contribution is 2.19. The van der Waals surface area contributed by atoms with Gasteiger partial charge in [-0.05, 0) is 19.4 Å². The highest BCUT2D eigenvalue weighted by atomic mass is 16.2. The minimum absolute atomic E-state index is 0.160. The van der Waals surface area contributed by atoms with E-state index in [-0.39, 0.29) is 24.3 Å². The Balaban J connectivity index is 2.10. The molecule has 0 spiro atoms. The summed E-state index contributed by atoms with van der Waals surface area (Å²) in [7, 11) is 1.77. The van der Waals surface area contributed by atoms with Crippen molar-refractivity contribution in [3.63, 3.8) is 0 Å². The molecule has 23 heavy (non-hydrogen) atoms. The summed E-state index contributed by atoms with van der Waals surface area (Å²) in [6.07, 6.45) is 0.160. The first-order valence-corrected chi connectivity index (χ1v) is 7.49. The number of amides is 2. The summed E-state index contributed by atoms with van der Waals surface area (Å²) in [6, 6.07) is 9.23. The summed E-state index contributed by atoms with van der Waals surface area (Å²) >= 11 is 0. The van der Waals surface area contributed by atoms with Crippen LogP contribution in [0.3, 0.4) is 0 Å². The van der Waals surface area contributed by atoms with E-state index in [9.17, 15) is 9.59 Å². The molecule has 0 aliphatic rings. The normalized spacial score (nSPS) is 11.8. The van der Waals surface area contributed by atoms with Crippen molar-refractivity contribution in [1.82, 2.24) is 15.1 Å². The number of hydrogen-bond acceptors (Lipinski definition) is 3. The molecule has 0 bridgehead atoms. The van der Waals surface area contributed by atoms with Gasteiger partial charge in [-0.2, -0.15) is 5.10 Å². The molecule has 2 N–H and O–H groups in total. The Bertz CT molecular complexity index is 704. The lowest BCUT2D eigenvalue weighted by molar-refractivity contribution is -0.120. The van der Waals surface area contributed by atoms with Gasteiger partial charge in [-0.25, -0.2) is 0 Å². The molecule has 2 aromatic rings. The number of nitrogens with one attached hydrogen (secondary N) is 2. The molecular weight excluding hydrogens is 292 g/mol. The molecule has 6 heteroatoms. The maximum atomic E-state index is 12.3. The number of rotatable bonds is 5. The average Bonchev–Trinajstić information content (AvgIpc) is 2.76. The molecule has 6 nitrogen and oxygen atoms in total. The van der Waals surface area contributed by atoms with Gasteiger partial charge in [-0.3, -0.25) is 14.3 Å². The number of aryl methyl sites for hydroxylation is 3. The third-order valence-corrected chi connectivity index (χ3v) is 3.52. The maximum absolute atomic E-state index is 12.3. The summed E-state index contributed by atoms with van der Waals surface area (Å²) in [6.45, 7) is 5.31. The predicted molar refractivity (Wildman–Crippen MR) is 88.9 cm³/mol. The van der Waals surface area contributed by atoms with Gasteiger partial charge >= 0.3 is 0 Å². The van der Waals surface area contributed by atoms with E-state index < -0.39 is 0 Å². The quantitative estimate of drug-likeness (QED) is 0.888. The summed E-state index contributed by atoms with van der Waals surface area (Å²) in [5, 5.41) is 9.85. The van der Waals surface area contributed by atoms with Gasteiger partial charge in [0, 0.05) is 20.0 Å². The van der Waals surface area contributed by atoms with Gasteiger partial charge in [-0.1, -0.05) is 29.8 Å². The second-order valence-electron chi connectivity index (χ2n) is 5.71. The van der Waals surface area contributed by atoms with Gasteiger partial charge in [0.05, 0.1) is 18.2 Å². The fourth-order valence-electron chi connectivity index (χ4n) is 2.40. The van der Waals surface area contributed by atoms with Crippen molar-refractivity contribution >= 4 is 17.6 Å². The van der Waals surface area contributed by atoms with Gasteiger partial charge < -0.3 is 10.6 Å². The first kappa shape index (κ1) is 16.7. The van der Waals surface area contributed by atoms with Crippen molar-refractivity contribution < 1.29 is 9.59 Å². The monoisotopic (exact) mass is 314 g/mol. The van der Waals surface area contributed by atoms with E-state index in [4.69, 9.17) is 0 Å². The molecular formula is C17H22N4O2. The molecule has 0 saturated carbocycles. The van der Waals surface area contributed by atoms with Gasteiger partial charge in [0.15, 0.2) is 0 Å². The van der Waals surface area contributed by atoms with E-state index in [2.05, 4.69) is 15.7 Å². The topological polar surface area (TPSA) is 76.0 Å². The van der Waals surface area contributed by atoms with Crippen LogP contribution < -0.4 is 10.6 Å². The van der Waals surface area contributed by atoms with E-state index in [1.807, 2.05) is 38.1 Å². The lowest BCUT2D eigenvalue weighted by Gasteiger charge is -2.18. The number of benzene rings is 1. The number of carbonyl (C=O) groups is 2. The van der Waals surface area contributed by atoms with Gasteiger partial charge in [0.1, 0.15) is 5.82 Å². The van der Waals surface area contributed by atoms with Crippen LogP contribution in [0, 0.1) is 13.8 Å². The van der Waals surface area contributed by atoms with Crippen molar-refractivity contribution in [3.05, 3.63) is 47.2 Å². The Labute approximate surface area is 135 Å². The Morgan fingerprint density at radius 1 is 1.22 bits per heavy atom. The fourth-order valence-corrected chi connectivity index (χ4v) is 2.40. The molecule has 2 amide bonds. The van der Waals surface area contributed by atoms with Gasteiger partial charge in [0.2, 0.25) is 11.8 Å². The van der Waals surface area contributed by atoms with Crippen LogP contribution in [-0.4, -0.2) is 21.6 Å². The van der Waals surface area contributed by atoms with Crippen LogP contribution >= 0.6 is 0 Å². The zero-order valence-corrected chi connectivity index (χ0v) is 13.9. The SMILES string of the molecule is CC(=O)N[C@H](CC(=O)Nc1cc(C)nn1C)c1ccc(C)cc1. The summed E-state index contributed by atoms with van der Waals surface area (Å²) < 4.78 is 1.62. The van der Waals surface area contributed by atoms with Crippen LogP contribution in [0.15, 0.2) is 30.3 Å².